The highest BCUT2D eigenvalue weighted by atomic mass is 19.1. The summed E-state index contributed by atoms with van der Waals surface area (Å²) in [7, 11) is 0. The number of fused-ring (bicyclic) bond motifs is 1. The number of anilines is 1. The van der Waals surface area contributed by atoms with E-state index in [1.54, 1.807) is 18.2 Å². The smallest absolute Gasteiger partial charge is 0.256 e. The van der Waals surface area contributed by atoms with E-state index >= 15 is 0 Å². The molecular formula is C29H30F2N6O2. The first-order valence-electron chi connectivity index (χ1n) is 13.1. The van der Waals surface area contributed by atoms with Crippen LogP contribution in [0.5, 0.6) is 0 Å². The quantitative estimate of drug-likeness (QED) is 0.263. The van der Waals surface area contributed by atoms with E-state index in [0.29, 0.717) is 35.3 Å². The number of pyridine rings is 1. The Labute approximate surface area is 224 Å². The van der Waals surface area contributed by atoms with E-state index in [4.69, 9.17) is 4.98 Å². The number of hydrogen-bond acceptors (Lipinski definition) is 6. The topological polar surface area (TPSA) is 101 Å². The van der Waals surface area contributed by atoms with Crippen molar-refractivity contribution in [1.29, 1.82) is 0 Å². The van der Waals surface area contributed by atoms with Crippen molar-refractivity contribution in [2.75, 3.05) is 25.0 Å². The molecule has 0 spiro atoms. The summed E-state index contributed by atoms with van der Waals surface area (Å²) in [5.41, 5.74) is 1.30. The van der Waals surface area contributed by atoms with Crippen LogP contribution >= 0.6 is 0 Å². The average Bonchev–Trinajstić information content (AvgIpc) is 3.73. The Morgan fingerprint density at radius 2 is 1.79 bits per heavy atom. The summed E-state index contributed by atoms with van der Waals surface area (Å²) in [6.07, 6.45) is 2.92. The van der Waals surface area contributed by atoms with Gasteiger partial charge in [0.1, 0.15) is 17.3 Å². The first-order chi connectivity index (χ1) is 18.9. The summed E-state index contributed by atoms with van der Waals surface area (Å²) < 4.78 is 30.7. The van der Waals surface area contributed by atoms with Crippen molar-refractivity contribution in [3.05, 3.63) is 81.6 Å². The highest BCUT2D eigenvalue weighted by Gasteiger charge is 2.25. The first-order valence-corrected chi connectivity index (χ1v) is 13.1. The van der Waals surface area contributed by atoms with Gasteiger partial charge < -0.3 is 16.0 Å². The molecule has 4 aromatic rings. The lowest BCUT2D eigenvalue weighted by molar-refractivity contribution is 0.0951. The van der Waals surface area contributed by atoms with Crippen LogP contribution in [0.1, 0.15) is 42.1 Å². The highest BCUT2D eigenvalue weighted by Crippen LogP contribution is 2.32. The number of aryl methyl sites for hydroxylation is 1. The van der Waals surface area contributed by atoms with Gasteiger partial charge in [-0.1, -0.05) is 19.1 Å². The van der Waals surface area contributed by atoms with Crippen molar-refractivity contribution in [1.82, 2.24) is 25.2 Å². The Morgan fingerprint density at radius 3 is 2.51 bits per heavy atom. The lowest BCUT2D eigenvalue weighted by Gasteiger charge is -2.16. The van der Waals surface area contributed by atoms with Gasteiger partial charge >= 0.3 is 0 Å². The standard InChI is InChI=1S/C29H30F2N6O2/c1-3-13-32-14-15-33-29-35-25(21-16-18(8-7-17(21)2)28(39)34-19-9-10-19)20-11-12-24(38)37(27(20)36-29)26-22(30)5-4-6-23(26)31/h4-8,11-12,16,19,32H,3,9-10,13-15H2,1-2H3,(H,34,39)(H,33,35,36). The van der Waals surface area contributed by atoms with Crippen LogP contribution in [0.2, 0.25) is 0 Å². The normalized spacial score (nSPS) is 13.0. The number of amides is 1. The summed E-state index contributed by atoms with van der Waals surface area (Å²) in [6.45, 7) is 5.94. The summed E-state index contributed by atoms with van der Waals surface area (Å²) in [6, 6.07) is 11.7. The number of aromatic nitrogens is 3. The molecule has 2 aromatic heterocycles. The number of para-hydroxylation sites is 1. The maximum Gasteiger partial charge on any atom is 0.256 e. The predicted octanol–water partition coefficient (Wildman–Crippen LogP) is 4.34. The summed E-state index contributed by atoms with van der Waals surface area (Å²) >= 11 is 0. The third kappa shape index (κ3) is 5.65. The van der Waals surface area contributed by atoms with Crippen molar-refractivity contribution in [2.45, 2.75) is 39.2 Å². The van der Waals surface area contributed by atoms with E-state index in [0.717, 1.165) is 48.1 Å². The summed E-state index contributed by atoms with van der Waals surface area (Å²) in [5, 5.41) is 9.84. The molecular weight excluding hydrogens is 502 g/mol. The van der Waals surface area contributed by atoms with Gasteiger partial charge in [0.25, 0.3) is 11.5 Å². The van der Waals surface area contributed by atoms with Crippen LogP contribution in [0, 0.1) is 18.6 Å². The predicted molar refractivity (Wildman–Crippen MR) is 147 cm³/mol. The molecule has 2 heterocycles. The molecule has 0 aliphatic heterocycles. The van der Waals surface area contributed by atoms with E-state index in [2.05, 4.69) is 27.9 Å². The van der Waals surface area contributed by atoms with E-state index in [1.165, 1.54) is 12.1 Å². The van der Waals surface area contributed by atoms with Crippen molar-refractivity contribution in [2.24, 2.45) is 0 Å². The van der Waals surface area contributed by atoms with Crippen LogP contribution in [0.15, 0.2) is 53.3 Å². The van der Waals surface area contributed by atoms with Gasteiger partial charge in [0.15, 0.2) is 5.65 Å². The van der Waals surface area contributed by atoms with Crippen molar-refractivity contribution >= 4 is 22.9 Å². The van der Waals surface area contributed by atoms with Crippen LogP contribution in [0.4, 0.5) is 14.7 Å². The van der Waals surface area contributed by atoms with E-state index in [1.807, 2.05) is 13.0 Å². The molecule has 0 bridgehead atoms. The largest absolute Gasteiger partial charge is 0.353 e. The lowest BCUT2D eigenvalue weighted by Crippen LogP contribution is -2.25. The Balaban J connectivity index is 1.69. The van der Waals surface area contributed by atoms with Crippen molar-refractivity contribution in [3.63, 3.8) is 0 Å². The lowest BCUT2D eigenvalue weighted by atomic mass is 9.99. The van der Waals surface area contributed by atoms with Gasteiger partial charge in [-0.2, -0.15) is 4.98 Å². The van der Waals surface area contributed by atoms with E-state index in [9.17, 15) is 18.4 Å². The molecule has 8 nitrogen and oxygen atoms in total. The number of nitrogens with zero attached hydrogens (tertiary/aromatic N) is 3. The SMILES string of the molecule is CCCNCCNc1nc(-c2cc(C(=O)NC3CC3)ccc2C)c2ccc(=O)n(-c3c(F)cccc3F)c2n1. The third-order valence-corrected chi connectivity index (χ3v) is 6.59. The molecule has 1 saturated carbocycles. The molecule has 2 aromatic carbocycles. The van der Waals surface area contributed by atoms with Crippen LogP contribution in [0.25, 0.3) is 28.0 Å². The zero-order valence-electron chi connectivity index (χ0n) is 21.9. The minimum absolute atomic E-state index is 0.0488. The van der Waals surface area contributed by atoms with Gasteiger partial charge in [-0.15, -0.1) is 0 Å². The molecule has 202 valence electrons. The van der Waals surface area contributed by atoms with Crippen LogP contribution in [0.3, 0.4) is 0 Å². The van der Waals surface area contributed by atoms with Crippen molar-refractivity contribution < 1.29 is 13.6 Å². The molecule has 0 atom stereocenters. The Bertz CT molecular complexity index is 1580. The summed E-state index contributed by atoms with van der Waals surface area (Å²) in [4.78, 5) is 35.1. The molecule has 1 fully saturated rings. The van der Waals surface area contributed by atoms with Gasteiger partial charge in [-0.3, -0.25) is 14.2 Å². The number of rotatable bonds is 10. The van der Waals surface area contributed by atoms with Crippen LogP contribution in [-0.4, -0.2) is 46.1 Å². The zero-order chi connectivity index (χ0) is 27.5. The molecule has 1 aliphatic carbocycles. The van der Waals surface area contributed by atoms with Crippen LogP contribution < -0.4 is 21.5 Å². The minimum atomic E-state index is -0.891. The number of halogens is 2. The van der Waals surface area contributed by atoms with Crippen molar-refractivity contribution in [3.8, 4) is 16.9 Å². The van der Waals surface area contributed by atoms with Gasteiger partial charge in [0.05, 0.1) is 5.69 Å². The zero-order valence-corrected chi connectivity index (χ0v) is 21.9. The number of nitrogens with one attached hydrogen (secondary N) is 3. The molecule has 3 N–H and O–H groups in total. The Morgan fingerprint density at radius 1 is 1.03 bits per heavy atom. The third-order valence-electron chi connectivity index (χ3n) is 6.59. The molecule has 1 aliphatic rings. The monoisotopic (exact) mass is 532 g/mol. The van der Waals surface area contributed by atoms with Gasteiger partial charge in [0.2, 0.25) is 5.95 Å². The second-order valence-corrected chi connectivity index (χ2v) is 9.66. The Hall–Kier alpha value is -4.18. The molecule has 0 saturated heterocycles. The summed E-state index contributed by atoms with van der Waals surface area (Å²) in [5.74, 6) is -1.77. The molecule has 10 heteroatoms. The number of hydrogen-bond donors (Lipinski definition) is 3. The van der Waals surface area contributed by atoms with Gasteiger partial charge in [-0.05, 0) is 68.6 Å². The molecule has 5 rings (SSSR count). The fourth-order valence-electron chi connectivity index (χ4n) is 4.40. The minimum Gasteiger partial charge on any atom is -0.353 e. The molecule has 0 unspecified atom stereocenters. The highest BCUT2D eigenvalue weighted by molar-refractivity contribution is 5.98. The van der Waals surface area contributed by atoms with E-state index in [-0.39, 0.29) is 23.5 Å². The second kappa shape index (κ2) is 11.3. The Kier molecular flexibility index (Phi) is 7.65. The van der Waals surface area contributed by atoms with Gasteiger partial charge in [0, 0.05) is 41.7 Å². The van der Waals surface area contributed by atoms with Gasteiger partial charge in [-0.25, -0.2) is 13.8 Å². The fraction of sp³-hybridized carbons (Fsp3) is 0.310. The maximum atomic E-state index is 14.9. The van der Waals surface area contributed by atoms with Crippen LogP contribution in [-0.2, 0) is 0 Å². The fourth-order valence-corrected chi connectivity index (χ4v) is 4.40. The molecule has 1 amide bonds. The van der Waals surface area contributed by atoms with E-state index < -0.39 is 22.9 Å². The first kappa shape index (κ1) is 26.4. The maximum absolute atomic E-state index is 14.9. The molecule has 0 radical (unpaired) electrons. The number of carbonyl (C=O) groups is 1. The average molecular weight is 533 g/mol. The second-order valence-electron chi connectivity index (χ2n) is 9.66. The molecule has 39 heavy (non-hydrogen) atoms. The number of benzene rings is 2. The number of carbonyl (C=O) groups excluding carboxylic acids is 1.